The van der Waals surface area contributed by atoms with Gasteiger partial charge in [0.2, 0.25) is 11.8 Å². The standard InChI is InChI=1S/C22H33N3O2.ClH/c1-17(19-10-12-23-13-11-19)16-21(26)24-20-7-4-18(5-8-20)6-9-22(27)25-14-2-3-15-25;/h4-5,7-8,17,19,23H,2-3,6,9-16H2,1H3,(H,24,26);1H. The quantitative estimate of drug-likeness (QED) is 0.725. The fraction of sp³-hybridized carbons (Fsp3) is 0.636. The van der Waals surface area contributed by atoms with Gasteiger partial charge in [0.25, 0.3) is 0 Å². The smallest absolute Gasteiger partial charge is 0.224 e. The van der Waals surface area contributed by atoms with Gasteiger partial charge >= 0.3 is 0 Å². The number of hydrogen-bond donors (Lipinski definition) is 2. The van der Waals surface area contributed by atoms with E-state index in [-0.39, 0.29) is 24.2 Å². The third kappa shape index (κ3) is 6.78. The maximum atomic E-state index is 12.3. The van der Waals surface area contributed by atoms with Crippen LogP contribution >= 0.6 is 12.4 Å². The van der Waals surface area contributed by atoms with Crippen LogP contribution in [0.15, 0.2) is 24.3 Å². The summed E-state index contributed by atoms with van der Waals surface area (Å²) in [6.45, 7) is 6.16. The van der Waals surface area contributed by atoms with Gasteiger partial charge in [0, 0.05) is 31.6 Å². The van der Waals surface area contributed by atoms with Crippen LogP contribution in [0.3, 0.4) is 0 Å². The van der Waals surface area contributed by atoms with Gasteiger partial charge in [0.1, 0.15) is 0 Å². The average molecular weight is 408 g/mol. The Morgan fingerprint density at radius 2 is 1.79 bits per heavy atom. The van der Waals surface area contributed by atoms with Crippen LogP contribution in [0, 0.1) is 11.8 Å². The topological polar surface area (TPSA) is 61.4 Å². The van der Waals surface area contributed by atoms with Crippen molar-refractivity contribution in [3.8, 4) is 0 Å². The first kappa shape index (κ1) is 22.7. The number of carbonyl (C=O) groups excluding carboxylic acids is 2. The lowest BCUT2D eigenvalue weighted by Gasteiger charge is -2.27. The minimum atomic E-state index is 0. The summed E-state index contributed by atoms with van der Waals surface area (Å²) >= 11 is 0. The van der Waals surface area contributed by atoms with E-state index in [4.69, 9.17) is 0 Å². The summed E-state index contributed by atoms with van der Waals surface area (Å²) in [6, 6.07) is 7.93. The molecule has 1 aromatic carbocycles. The molecule has 2 N–H and O–H groups in total. The van der Waals surface area contributed by atoms with Crippen LogP contribution < -0.4 is 10.6 Å². The van der Waals surface area contributed by atoms with Crippen molar-refractivity contribution in [2.45, 2.75) is 51.9 Å². The van der Waals surface area contributed by atoms with Gasteiger partial charge in [0.05, 0.1) is 0 Å². The Kier molecular flexibility index (Phi) is 9.26. The van der Waals surface area contributed by atoms with Gasteiger partial charge in [-0.25, -0.2) is 0 Å². The molecule has 5 nitrogen and oxygen atoms in total. The van der Waals surface area contributed by atoms with Gasteiger partial charge in [-0.2, -0.15) is 0 Å². The van der Waals surface area contributed by atoms with E-state index in [2.05, 4.69) is 17.6 Å². The van der Waals surface area contributed by atoms with Gasteiger partial charge in [0.15, 0.2) is 0 Å². The number of aryl methyl sites for hydroxylation is 1. The number of likely N-dealkylation sites (tertiary alicyclic amines) is 1. The Labute approximate surface area is 175 Å². The molecule has 2 aliphatic heterocycles. The summed E-state index contributed by atoms with van der Waals surface area (Å²) in [7, 11) is 0. The lowest BCUT2D eigenvalue weighted by Crippen LogP contribution is -2.32. The predicted octanol–water partition coefficient (Wildman–Crippen LogP) is 3.63. The third-order valence-corrected chi connectivity index (χ3v) is 6.02. The van der Waals surface area contributed by atoms with Crippen LogP contribution in [0.4, 0.5) is 5.69 Å². The second-order valence-corrected chi connectivity index (χ2v) is 8.10. The maximum absolute atomic E-state index is 12.3. The van der Waals surface area contributed by atoms with E-state index in [1.807, 2.05) is 29.2 Å². The lowest BCUT2D eigenvalue weighted by molar-refractivity contribution is -0.130. The number of piperidine rings is 1. The monoisotopic (exact) mass is 407 g/mol. The zero-order valence-electron chi connectivity index (χ0n) is 16.9. The molecular weight excluding hydrogens is 374 g/mol. The number of amides is 2. The van der Waals surface area contributed by atoms with Crippen molar-refractivity contribution in [2.75, 3.05) is 31.5 Å². The number of anilines is 1. The van der Waals surface area contributed by atoms with Crippen molar-refractivity contribution in [1.29, 1.82) is 0 Å². The number of carbonyl (C=O) groups is 2. The van der Waals surface area contributed by atoms with E-state index in [9.17, 15) is 9.59 Å². The van der Waals surface area contributed by atoms with E-state index in [1.165, 1.54) is 12.8 Å². The van der Waals surface area contributed by atoms with Gasteiger partial charge < -0.3 is 15.5 Å². The summed E-state index contributed by atoms with van der Waals surface area (Å²) in [6.07, 6.45) is 6.51. The van der Waals surface area contributed by atoms with Crippen molar-refractivity contribution >= 4 is 29.9 Å². The predicted molar refractivity (Wildman–Crippen MR) is 116 cm³/mol. The molecule has 2 saturated heterocycles. The largest absolute Gasteiger partial charge is 0.343 e. The van der Waals surface area contributed by atoms with Crippen LogP contribution in [0.2, 0.25) is 0 Å². The molecule has 1 aromatic rings. The molecule has 3 rings (SSSR count). The molecule has 1 atom stereocenters. The number of nitrogens with zero attached hydrogens (tertiary/aromatic N) is 1. The molecule has 1 unspecified atom stereocenters. The molecule has 0 saturated carbocycles. The van der Waals surface area contributed by atoms with Crippen LogP contribution in [0.25, 0.3) is 0 Å². The van der Waals surface area contributed by atoms with Crippen molar-refractivity contribution in [3.63, 3.8) is 0 Å². The summed E-state index contributed by atoms with van der Waals surface area (Å²) in [4.78, 5) is 26.4. The molecule has 6 heteroatoms. The van der Waals surface area contributed by atoms with Crippen LogP contribution in [0.5, 0.6) is 0 Å². The highest BCUT2D eigenvalue weighted by Gasteiger charge is 2.22. The summed E-state index contributed by atoms with van der Waals surface area (Å²) < 4.78 is 0. The zero-order chi connectivity index (χ0) is 19.1. The molecule has 2 fully saturated rings. The minimum Gasteiger partial charge on any atom is -0.343 e. The van der Waals surface area contributed by atoms with Gasteiger partial charge in [-0.15, -0.1) is 12.4 Å². The fourth-order valence-corrected chi connectivity index (χ4v) is 4.22. The normalized spacial score (nSPS) is 18.4. The van der Waals surface area contributed by atoms with Crippen LogP contribution in [-0.4, -0.2) is 42.9 Å². The maximum Gasteiger partial charge on any atom is 0.224 e. The molecule has 0 bridgehead atoms. The van der Waals surface area contributed by atoms with Crippen LogP contribution in [-0.2, 0) is 16.0 Å². The molecule has 28 heavy (non-hydrogen) atoms. The first-order valence-electron chi connectivity index (χ1n) is 10.5. The highest BCUT2D eigenvalue weighted by molar-refractivity contribution is 5.90. The number of rotatable bonds is 7. The van der Waals surface area contributed by atoms with Crippen molar-refractivity contribution < 1.29 is 9.59 Å². The molecule has 0 aliphatic carbocycles. The third-order valence-electron chi connectivity index (χ3n) is 6.02. The van der Waals surface area contributed by atoms with Crippen LogP contribution in [0.1, 0.15) is 51.0 Å². The molecule has 0 spiro atoms. The first-order chi connectivity index (χ1) is 13.1. The highest BCUT2D eigenvalue weighted by Crippen LogP contribution is 2.24. The van der Waals surface area contributed by atoms with Gasteiger partial charge in [-0.3, -0.25) is 9.59 Å². The second-order valence-electron chi connectivity index (χ2n) is 8.10. The molecule has 0 aromatic heterocycles. The average Bonchev–Trinajstić information content (AvgIpc) is 3.23. The molecular formula is C22H34ClN3O2. The SMILES string of the molecule is CC(CC(=O)Nc1ccc(CCC(=O)N2CCCC2)cc1)C1CCNCC1.Cl. The van der Waals surface area contributed by atoms with Crippen molar-refractivity contribution in [3.05, 3.63) is 29.8 Å². The van der Waals surface area contributed by atoms with E-state index in [1.54, 1.807) is 0 Å². The van der Waals surface area contributed by atoms with E-state index >= 15 is 0 Å². The zero-order valence-corrected chi connectivity index (χ0v) is 17.7. The van der Waals surface area contributed by atoms with Crippen molar-refractivity contribution in [2.24, 2.45) is 11.8 Å². The summed E-state index contributed by atoms with van der Waals surface area (Å²) in [5.74, 6) is 1.42. The summed E-state index contributed by atoms with van der Waals surface area (Å²) in [5, 5.41) is 6.40. The van der Waals surface area contributed by atoms with Gasteiger partial charge in [-0.1, -0.05) is 19.1 Å². The molecule has 2 aliphatic rings. The summed E-state index contributed by atoms with van der Waals surface area (Å²) in [5.41, 5.74) is 1.98. The Morgan fingerprint density at radius 1 is 1.14 bits per heavy atom. The number of hydrogen-bond acceptors (Lipinski definition) is 3. The number of halogens is 1. The van der Waals surface area contributed by atoms with E-state index in [0.717, 1.165) is 56.7 Å². The molecule has 0 radical (unpaired) electrons. The fourth-order valence-electron chi connectivity index (χ4n) is 4.22. The Bertz CT molecular complexity index is 623. The Morgan fingerprint density at radius 3 is 2.43 bits per heavy atom. The molecule has 2 amide bonds. The van der Waals surface area contributed by atoms with Gasteiger partial charge in [-0.05, 0) is 74.7 Å². The lowest BCUT2D eigenvalue weighted by atomic mass is 9.84. The minimum absolute atomic E-state index is 0. The molecule has 156 valence electrons. The van der Waals surface area contributed by atoms with E-state index < -0.39 is 0 Å². The molecule has 2 heterocycles. The van der Waals surface area contributed by atoms with Crippen molar-refractivity contribution in [1.82, 2.24) is 10.2 Å². The first-order valence-corrected chi connectivity index (χ1v) is 10.5. The second kappa shape index (κ2) is 11.4. The number of nitrogens with one attached hydrogen (secondary N) is 2. The Hall–Kier alpha value is -1.59. The van der Waals surface area contributed by atoms with E-state index in [0.29, 0.717) is 24.7 Å². The number of benzene rings is 1. The highest BCUT2D eigenvalue weighted by atomic mass is 35.5. The Balaban J connectivity index is 0.00000280.